The van der Waals surface area contributed by atoms with Gasteiger partial charge in [-0.1, -0.05) is 54.2 Å². The summed E-state index contributed by atoms with van der Waals surface area (Å²) < 4.78 is 7.52. The smallest absolute Gasteiger partial charge is 0.230 e. The zero-order chi connectivity index (χ0) is 17.8. The number of carbonyl (C=O) groups is 1. The van der Waals surface area contributed by atoms with Crippen molar-refractivity contribution in [3.8, 4) is 22.7 Å². The molecule has 128 valence electrons. The van der Waals surface area contributed by atoms with Crippen LogP contribution in [0, 0.1) is 0 Å². The summed E-state index contributed by atoms with van der Waals surface area (Å²) in [6.45, 7) is 1.77. The van der Waals surface area contributed by atoms with E-state index in [1.165, 1.54) is 11.8 Å². The molecule has 0 aliphatic heterocycles. The highest BCUT2D eigenvalue weighted by molar-refractivity contribution is 8.00. The lowest BCUT2D eigenvalue weighted by molar-refractivity contribution is -0.117. The Hall–Kier alpha value is -2.73. The number of aromatic nitrogens is 2. The number of ether oxygens (including phenoxy) is 1. The molecule has 25 heavy (non-hydrogen) atoms. The summed E-state index contributed by atoms with van der Waals surface area (Å²) in [6, 6.07) is 17.7. The third-order valence-corrected chi connectivity index (χ3v) is 4.89. The van der Waals surface area contributed by atoms with Crippen molar-refractivity contribution >= 4 is 17.7 Å². The molecule has 0 aliphatic rings. The molecule has 0 spiro atoms. The third kappa shape index (κ3) is 3.53. The van der Waals surface area contributed by atoms with Crippen LogP contribution < -0.4 is 10.5 Å². The molecule has 1 heterocycles. The Morgan fingerprint density at radius 1 is 1.16 bits per heavy atom. The number of methoxy groups -OCH3 is 1. The van der Waals surface area contributed by atoms with Gasteiger partial charge in [-0.15, -0.1) is 0 Å². The van der Waals surface area contributed by atoms with Crippen LogP contribution in [0.5, 0.6) is 5.75 Å². The van der Waals surface area contributed by atoms with Crippen LogP contribution >= 0.6 is 11.8 Å². The molecule has 1 atom stereocenters. The van der Waals surface area contributed by atoms with Gasteiger partial charge in [-0.2, -0.15) is 0 Å². The highest BCUT2D eigenvalue weighted by Crippen LogP contribution is 2.34. The zero-order valence-electron chi connectivity index (χ0n) is 14.0. The Morgan fingerprint density at radius 3 is 2.52 bits per heavy atom. The first-order valence-corrected chi connectivity index (χ1v) is 8.72. The van der Waals surface area contributed by atoms with E-state index in [4.69, 9.17) is 10.5 Å². The quantitative estimate of drug-likeness (QED) is 0.689. The molecule has 0 aliphatic carbocycles. The van der Waals surface area contributed by atoms with Gasteiger partial charge in [0.05, 0.1) is 29.9 Å². The van der Waals surface area contributed by atoms with E-state index in [1.807, 2.05) is 59.2 Å². The van der Waals surface area contributed by atoms with E-state index >= 15 is 0 Å². The van der Waals surface area contributed by atoms with Crippen molar-refractivity contribution in [1.29, 1.82) is 0 Å². The molecule has 5 nitrogen and oxygen atoms in total. The predicted octanol–water partition coefficient (Wildman–Crippen LogP) is 3.51. The number of hydrogen-bond donors (Lipinski definition) is 1. The van der Waals surface area contributed by atoms with Crippen LogP contribution in [-0.2, 0) is 4.79 Å². The second-order valence-corrected chi connectivity index (χ2v) is 6.77. The Kier molecular flexibility index (Phi) is 5.09. The highest BCUT2D eigenvalue weighted by Gasteiger charge is 2.20. The van der Waals surface area contributed by atoms with Gasteiger partial charge in [0, 0.05) is 5.56 Å². The van der Waals surface area contributed by atoms with Crippen LogP contribution in [0.2, 0.25) is 0 Å². The largest absolute Gasteiger partial charge is 0.495 e. The van der Waals surface area contributed by atoms with Gasteiger partial charge in [0.15, 0.2) is 5.16 Å². The van der Waals surface area contributed by atoms with Gasteiger partial charge in [-0.25, -0.2) is 4.98 Å². The lowest BCUT2D eigenvalue weighted by atomic mass is 10.1. The molecule has 3 aromatic rings. The molecule has 2 N–H and O–H groups in total. The number of nitrogens with two attached hydrogens (primary N) is 1. The van der Waals surface area contributed by atoms with Crippen LogP contribution in [0.1, 0.15) is 6.92 Å². The fraction of sp³-hybridized carbons (Fsp3) is 0.158. The van der Waals surface area contributed by atoms with Crippen molar-refractivity contribution in [2.45, 2.75) is 17.3 Å². The Labute approximate surface area is 150 Å². The highest BCUT2D eigenvalue weighted by atomic mass is 32.2. The second kappa shape index (κ2) is 7.44. The van der Waals surface area contributed by atoms with Gasteiger partial charge in [0.2, 0.25) is 5.91 Å². The van der Waals surface area contributed by atoms with E-state index in [9.17, 15) is 4.79 Å². The van der Waals surface area contributed by atoms with E-state index < -0.39 is 0 Å². The normalized spacial score (nSPS) is 11.9. The van der Waals surface area contributed by atoms with Gasteiger partial charge in [-0.3, -0.25) is 9.36 Å². The monoisotopic (exact) mass is 353 g/mol. The summed E-state index contributed by atoms with van der Waals surface area (Å²) in [5.74, 6) is 0.354. The van der Waals surface area contributed by atoms with Gasteiger partial charge >= 0.3 is 0 Å². The summed E-state index contributed by atoms with van der Waals surface area (Å²) in [6.07, 6.45) is 1.80. The number of thioether (sulfide) groups is 1. The minimum atomic E-state index is -0.389. The minimum absolute atomic E-state index is 0.374. The summed E-state index contributed by atoms with van der Waals surface area (Å²) in [5.41, 5.74) is 8.23. The maximum absolute atomic E-state index is 11.5. The molecule has 0 radical (unpaired) electrons. The maximum Gasteiger partial charge on any atom is 0.230 e. The van der Waals surface area contributed by atoms with Crippen molar-refractivity contribution in [3.63, 3.8) is 0 Å². The van der Waals surface area contributed by atoms with Crippen LogP contribution in [0.15, 0.2) is 66.0 Å². The number of imidazole rings is 1. The molecule has 6 heteroatoms. The standard InChI is InChI=1S/C19H19N3O2S/c1-13(18(20)23)25-19-21-12-16(14-8-4-3-5-9-14)22(19)15-10-6-7-11-17(15)24-2/h3-13H,1-2H3,(H2,20,23). The molecular formula is C19H19N3O2S. The number of para-hydroxylation sites is 2. The van der Waals surface area contributed by atoms with Gasteiger partial charge in [-0.05, 0) is 19.1 Å². The number of primary amides is 1. The van der Waals surface area contributed by atoms with Crippen molar-refractivity contribution in [3.05, 3.63) is 60.8 Å². The molecule has 0 bridgehead atoms. The summed E-state index contributed by atoms with van der Waals surface area (Å²) in [5, 5.41) is 0.300. The molecule has 1 unspecified atom stereocenters. The minimum Gasteiger partial charge on any atom is -0.495 e. The number of rotatable bonds is 6. The van der Waals surface area contributed by atoms with Gasteiger partial charge in [0.25, 0.3) is 0 Å². The van der Waals surface area contributed by atoms with E-state index in [0.717, 1.165) is 22.7 Å². The van der Waals surface area contributed by atoms with Crippen LogP contribution in [0.25, 0.3) is 16.9 Å². The van der Waals surface area contributed by atoms with Crippen LogP contribution in [0.4, 0.5) is 0 Å². The second-order valence-electron chi connectivity index (χ2n) is 5.46. The van der Waals surface area contributed by atoms with E-state index in [-0.39, 0.29) is 11.2 Å². The molecule has 2 aromatic carbocycles. The van der Waals surface area contributed by atoms with Gasteiger partial charge < -0.3 is 10.5 Å². The van der Waals surface area contributed by atoms with Crippen LogP contribution in [0.3, 0.4) is 0 Å². The number of carbonyl (C=O) groups excluding carboxylic acids is 1. The number of nitrogens with zero attached hydrogens (tertiary/aromatic N) is 2. The molecule has 1 amide bonds. The first-order chi connectivity index (χ1) is 12.1. The summed E-state index contributed by atoms with van der Waals surface area (Å²) >= 11 is 1.33. The fourth-order valence-corrected chi connectivity index (χ4v) is 3.34. The fourth-order valence-electron chi connectivity index (χ4n) is 2.49. The van der Waals surface area contributed by atoms with E-state index in [1.54, 1.807) is 20.2 Å². The molecule has 3 rings (SSSR count). The van der Waals surface area contributed by atoms with E-state index in [0.29, 0.717) is 5.16 Å². The lowest BCUT2D eigenvalue weighted by Gasteiger charge is -2.16. The number of benzene rings is 2. The summed E-state index contributed by atoms with van der Waals surface area (Å²) in [4.78, 5) is 16.0. The van der Waals surface area contributed by atoms with Crippen molar-refractivity contribution < 1.29 is 9.53 Å². The lowest BCUT2D eigenvalue weighted by Crippen LogP contribution is -2.23. The average Bonchev–Trinajstić information content (AvgIpc) is 3.05. The topological polar surface area (TPSA) is 70.1 Å². The Bertz CT molecular complexity index is 877. The number of amides is 1. The SMILES string of the molecule is COc1ccccc1-n1c(-c2ccccc2)cnc1SC(C)C(N)=O. The Morgan fingerprint density at radius 2 is 1.84 bits per heavy atom. The molecule has 1 aromatic heterocycles. The average molecular weight is 353 g/mol. The predicted molar refractivity (Wildman–Crippen MR) is 100 cm³/mol. The van der Waals surface area contributed by atoms with Crippen LogP contribution in [-0.4, -0.2) is 27.8 Å². The first kappa shape index (κ1) is 17.1. The Balaban J connectivity index is 2.18. The van der Waals surface area contributed by atoms with Crippen molar-refractivity contribution in [2.75, 3.05) is 7.11 Å². The van der Waals surface area contributed by atoms with Gasteiger partial charge in [0.1, 0.15) is 5.75 Å². The molecule has 0 saturated carbocycles. The maximum atomic E-state index is 11.5. The molecule has 0 fully saturated rings. The summed E-state index contributed by atoms with van der Waals surface area (Å²) in [7, 11) is 1.64. The first-order valence-electron chi connectivity index (χ1n) is 7.84. The molecule has 0 saturated heterocycles. The third-order valence-electron chi connectivity index (χ3n) is 3.81. The van der Waals surface area contributed by atoms with Crippen molar-refractivity contribution in [1.82, 2.24) is 9.55 Å². The van der Waals surface area contributed by atoms with E-state index in [2.05, 4.69) is 4.98 Å². The van der Waals surface area contributed by atoms with Crippen molar-refractivity contribution in [2.24, 2.45) is 5.73 Å². The molecular weight excluding hydrogens is 334 g/mol. The number of hydrogen-bond acceptors (Lipinski definition) is 4. The zero-order valence-corrected chi connectivity index (χ0v) is 14.9.